The van der Waals surface area contributed by atoms with Gasteiger partial charge in [0.1, 0.15) is 6.10 Å². The lowest BCUT2D eigenvalue weighted by Gasteiger charge is -2.20. The molecule has 1 aromatic carbocycles. The van der Waals surface area contributed by atoms with Gasteiger partial charge in [-0.1, -0.05) is 6.07 Å². The minimum absolute atomic E-state index is 0.260. The number of rotatable bonds is 8. The molecule has 1 saturated carbocycles. The van der Waals surface area contributed by atoms with Gasteiger partial charge in [0.15, 0.2) is 11.5 Å². The van der Waals surface area contributed by atoms with Crippen LogP contribution in [-0.4, -0.2) is 30.0 Å². The van der Waals surface area contributed by atoms with E-state index < -0.39 is 6.10 Å². The second-order valence-electron chi connectivity index (χ2n) is 5.43. The summed E-state index contributed by atoms with van der Waals surface area (Å²) in [5.74, 6) is 1.44. The molecule has 20 heavy (non-hydrogen) atoms. The zero-order valence-corrected chi connectivity index (χ0v) is 12.6. The molecular weight excluding hydrogens is 254 g/mol. The van der Waals surface area contributed by atoms with E-state index in [9.17, 15) is 5.11 Å². The Labute approximate surface area is 121 Å². The Bertz CT molecular complexity index is 430. The topological polar surface area (TPSA) is 50.7 Å². The minimum Gasteiger partial charge on any atom is -0.490 e. The van der Waals surface area contributed by atoms with Gasteiger partial charge in [-0.3, -0.25) is 0 Å². The number of aliphatic hydroxyl groups is 1. The van der Waals surface area contributed by atoms with E-state index >= 15 is 0 Å². The van der Waals surface area contributed by atoms with E-state index in [2.05, 4.69) is 5.32 Å². The quantitative estimate of drug-likeness (QED) is 0.767. The zero-order valence-electron chi connectivity index (χ0n) is 12.6. The molecule has 1 fully saturated rings. The molecule has 0 aliphatic heterocycles. The van der Waals surface area contributed by atoms with Gasteiger partial charge in [-0.25, -0.2) is 0 Å². The van der Waals surface area contributed by atoms with Gasteiger partial charge in [-0.05, 0) is 51.3 Å². The molecule has 0 saturated heterocycles. The van der Waals surface area contributed by atoms with Crippen molar-refractivity contribution in [1.29, 1.82) is 0 Å². The first-order valence-corrected chi connectivity index (χ1v) is 7.44. The van der Waals surface area contributed by atoms with Gasteiger partial charge >= 0.3 is 0 Å². The van der Waals surface area contributed by atoms with Crippen LogP contribution in [0, 0.1) is 0 Å². The van der Waals surface area contributed by atoms with Gasteiger partial charge < -0.3 is 19.9 Å². The summed E-state index contributed by atoms with van der Waals surface area (Å²) in [6.45, 7) is 6.98. The molecule has 0 bridgehead atoms. The second-order valence-corrected chi connectivity index (χ2v) is 5.43. The smallest absolute Gasteiger partial charge is 0.161 e. The summed E-state index contributed by atoms with van der Waals surface area (Å²) < 4.78 is 11.4. The molecular formula is C16H25NO3. The van der Waals surface area contributed by atoms with Crippen LogP contribution < -0.4 is 14.8 Å². The lowest BCUT2D eigenvalue weighted by atomic mass is 10.2. The maximum atomic E-state index is 9.53. The standard InChI is InChI=1S/C16H25NO3/c1-4-19-16-9-13(10-17-14-6-7-14)5-8-15(16)20-12(3)11(2)18/h5,8-9,11-12,14,17-18H,4,6-7,10H2,1-3H3. The highest BCUT2D eigenvalue weighted by molar-refractivity contribution is 5.43. The first kappa shape index (κ1) is 15.1. The predicted molar refractivity (Wildman–Crippen MR) is 79.2 cm³/mol. The summed E-state index contributed by atoms with van der Waals surface area (Å²) in [7, 11) is 0. The first-order valence-electron chi connectivity index (χ1n) is 7.44. The minimum atomic E-state index is -0.513. The monoisotopic (exact) mass is 279 g/mol. The Morgan fingerprint density at radius 2 is 2.05 bits per heavy atom. The van der Waals surface area contributed by atoms with Crippen LogP contribution in [-0.2, 0) is 6.54 Å². The Hall–Kier alpha value is -1.26. The molecule has 4 heteroatoms. The normalized spacial score (nSPS) is 17.6. The lowest BCUT2D eigenvalue weighted by molar-refractivity contribution is 0.0582. The highest BCUT2D eigenvalue weighted by atomic mass is 16.5. The first-order chi connectivity index (χ1) is 9.60. The van der Waals surface area contributed by atoms with Crippen molar-refractivity contribution in [3.05, 3.63) is 23.8 Å². The van der Waals surface area contributed by atoms with Crippen molar-refractivity contribution < 1.29 is 14.6 Å². The fourth-order valence-corrected chi connectivity index (χ4v) is 1.88. The third-order valence-electron chi connectivity index (χ3n) is 3.47. The fraction of sp³-hybridized carbons (Fsp3) is 0.625. The Morgan fingerprint density at radius 1 is 1.30 bits per heavy atom. The molecule has 2 atom stereocenters. The molecule has 0 amide bonds. The van der Waals surface area contributed by atoms with Crippen LogP contribution in [0.25, 0.3) is 0 Å². The molecule has 4 nitrogen and oxygen atoms in total. The molecule has 2 N–H and O–H groups in total. The van der Waals surface area contributed by atoms with Gasteiger partial charge in [0.25, 0.3) is 0 Å². The van der Waals surface area contributed by atoms with Crippen LogP contribution in [0.3, 0.4) is 0 Å². The molecule has 1 aliphatic rings. The van der Waals surface area contributed by atoms with E-state index in [1.165, 1.54) is 18.4 Å². The fourth-order valence-electron chi connectivity index (χ4n) is 1.88. The summed E-state index contributed by atoms with van der Waals surface area (Å²) in [6.07, 6.45) is 1.79. The predicted octanol–water partition coefficient (Wildman–Crippen LogP) is 2.49. The van der Waals surface area contributed by atoms with Gasteiger partial charge in [0.05, 0.1) is 12.7 Å². The van der Waals surface area contributed by atoms with Crippen LogP contribution in [0.5, 0.6) is 11.5 Å². The SMILES string of the molecule is CCOc1cc(CNC2CC2)ccc1OC(C)C(C)O. The number of hydrogen-bond acceptors (Lipinski definition) is 4. The summed E-state index contributed by atoms with van der Waals surface area (Å²) in [5, 5.41) is 13.0. The number of aliphatic hydroxyl groups excluding tert-OH is 1. The van der Waals surface area contributed by atoms with Crippen LogP contribution in [0.15, 0.2) is 18.2 Å². The molecule has 112 valence electrons. The number of nitrogens with one attached hydrogen (secondary N) is 1. The van der Waals surface area contributed by atoms with Crippen LogP contribution >= 0.6 is 0 Å². The van der Waals surface area contributed by atoms with Crippen molar-refractivity contribution in [1.82, 2.24) is 5.32 Å². The van der Waals surface area contributed by atoms with E-state index in [0.29, 0.717) is 18.4 Å². The lowest BCUT2D eigenvalue weighted by Crippen LogP contribution is -2.25. The van der Waals surface area contributed by atoms with Gasteiger partial charge in [-0.2, -0.15) is 0 Å². The molecule has 1 aliphatic carbocycles. The molecule has 2 rings (SSSR count). The van der Waals surface area contributed by atoms with Crippen molar-refractivity contribution in [2.45, 2.75) is 58.4 Å². The van der Waals surface area contributed by atoms with Crippen molar-refractivity contribution in [3.63, 3.8) is 0 Å². The number of benzene rings is 1. The Morgan fingerprint density at radius 3 is 2.65 bits per heavy atom. The summed E-state index contributed by atoms with van der Waals surface area (Å²) in [4.78, 5) is 0. The van der Waals surface area contributed by atoms with Gasteiger partial charge in [-0.15, -0.1) is 0 Å². The van der Waals surface area contributed by atoms with E-state index in [-0.39, 0.29) is 6.10 Å². The molecule has 0 heterocycles. The van der Waals surface area contributed by atoms with Gasteiger partial charge in [0.2, 0.25) is 0 Å². The van der Waals surface area contributed by atoms with Gasteiger partial charge in [0, 0.05) is 12.6 Å². The highest BCUT2D eigenvalue weighted by Crippen LogP contribution is 2.30. The Balaban J connectivity index is 2.05. The molecule has 0 radical (unpaired) electrons. The van der Waals surface area contributed by atoms with E-state index in [0.717, 1.165) is 12.3 Å². The third kappa shape index (κ3) is 4.39. The van der Waals surface area contributed by atoms with Crippen molar-refractivity contribution in [3.8, 4) is 11.5 Å². The summed E-state index contributed by atoms with van der Waals surface area (Å²) >= 11 is 0. The molecule has 2 unspecified atom stereocenters. The van der Waals surface area contributed by atoms with E-state index in [4.69, 9.17) is 9.47 Å². The second kappa shape index (κ2) is 6.95. The summed E-state index contributed by atoms with van der Waals surface area (Å²) in [6, 6.07) is 6.68. The van der Waals surface area contributed by atoms with Crippen LogP contribution in [0.4, 0.5) is 0 Å². The average molecular weight is 279 g/mol. The molecule has 0 spiro atoms. The van der Waals surface area contributed by atoms with Crippen molar-refractivity contribution in [2.24, 2.45) is 0 Å². The summed E-state index contributed by atoms with van der Waals surface area (Å²) in [5.41, 5.74) is 1.19. The zero-order chi connectivity index (χ0) is 14.5. The molecule has 0 aromatic heterocycles. The van der Waals surface area contributed by atoms with Crippen molar-refractivity contribution in [2.75, 3.05) is 6.61 Å². The highest BCUT2D eigenvalue weighted by Gasteiger charge is 2.20. The largest absolute Gasteiger partial charge is 0.490 e. The molecule has 1 aromatic rings. The van der Waals surface area contributed by atoms with E-state index in [1.54, 1.807) is 6.92 Å². The Kier molecular flexibility index (Phi) is 5.26. The van der Waals surface area contributed by atoms with Crippen LogP contribution in [0.2, 0.25) is 0 Å². The average Bonchev–Trinajstić information content (AvgIpc) is 3.23. The number of hydrogen-bond donors (Lipinski definition) is 2. The maximum absolute atomic E-state index is 9.53. The maximum Gasteiger partial charge on any atom is 0.161 e. The third-order valence-corrected chi connectivity index (χ3v) is 3.47. The van der Waals surface area contributed by atoms with Crippen molar-refractivity contribution >= 4 is 0 Å². The van der Waals surface area contributed by atoms with Crippen LogP contribution in [0.1, 0.15) is 39.2 Å². The number of ether oxygens (including phenoxy) is 2. The van der Waals surface area contributed by atoms with E-state index in [1.807, 2.05) is 32.0 Å².